The molecular formula is C54H58Br2P2. The first-order valence-corrected chi connectivity index (χ1v) is 27.4. The van der Waals surface area contributed by atoms with E-state index in [2.05, 4.69) is 226 Å². The third-order valence-corrected chi connectivity index (χ3v) is 23.9. The molecule has 58 heavy (non-hydrogen) atoms. The van der Waals surface area contributed by atoms with Gasteiger partial charge in [-0.15, -0.1) is 0 Å². The van der Waals surface area contributed by atoms with Crippen LogP contribution in [0, 0.1) is 0 Å². The second kappa shape index (κ2) is 21.6. The quantitative estimate of drug-likeness (QED) is 0.0528. The van der Waals surface area contributed by atoms with Gasteiger partial charge in [-0.3, -0.25) is 0 Å². The summed E-state index contributed by atoms with van der Waals surface area (Å²) in [4.78, 5) is 0. The van der Waals surface area contributed by atoms with Crippen LogP contribution in [0.4, 0.5) is 0 Å². The molecule has 0 heterocycles. The Balaban J connectivity index is 0.917. The van der Waals surface area contributed by atoms with Gasteiger partial charge in [-0.2, -0.15) is 0 Å². The number of aryl methyl sites for hydroxylation is 2. The normalized spacial score (nSPS) is 12.3. The van der Waals surface area contributed by atoms with Crippen molar-refractivity contribution in [3.05, 3.63) is 214 Å². The molecule has 0 aliphatic heterocycles. The molecule has 0 N–H and O–H groups in total. The molecule has 0 atom stereocenters. The summed E-state index contributed by atoms with van der Waals surface area (Å²) in [6.07, 6.45) is 14.6. The van der Waals surface area contributed by atoms with Crippen LogP contribution in [0.1, 0.15) is 62.5 Å². The average Bonchev–Trinajstić information content (AvgIpc) is 3.29. The van der Waals surface area contributed by atoms with Gasteiger partial charge in [0.05, 0.1) is 0 Å². The molecule has 0 aliphatic carbocycles. The fourth-order valence-electron chi connectivity index (χ4n) is 9.33. The zero-order chi connectivity index (χ0) is 39.9. The van der Waals surface area contributed by atoms with Crippen molar-refractivity contribution in [2.75, 3.05) is 12.3 Å². The van der Waals surface area contributed by atoms with Crippen molar-refractivity contribution in [2.24, 2.45) is 0 Å². The van der Waals surface area contributed by atoms with Gasteiger partial charge in [0, 0.05) is 0 Å². The summed E-state index contributed by atoms with van der Waals surface area (Å²) in [5.41, 5.74) is 2.84. The van der Waals surface area contributed by atoms with E-state index in [1.165, 1.54) is 116 Å². The summed E-state index contributed by atoms with van der Waals surface area (Å²) in [6, 6.07) is 72.9. The van der Waals surface area contributed by atoms with Gasteiger partial charge < -0.3 is 0 Å². The molecule has 0 unspecified atom stereocenters. The molecule has 0 amide bonds. The predicted molar refractivity (Wildman–Crippen MR) is 269 cm³/mol. The first kappa shape index (κ1) is 42.5. The Hall–Kier alpha value is -3.64. The Labute approximate surface area is 366 Å². The van der Waals surface area contributed by atoms with Crippen LogP contribution >= 0.6 is 46.4 Å². The summed E-state index contributed by atoms with van der Waals surface area (Å²) < 4.78 is 2.53. The van der Waals surface area contributed by atoms with Crippen LogP contribution in [-0.4, -0.2) is 12.3 Å². The minimum absolute atomic E-state index is 1.11. The van der Waals surface area contributed by atoms with Crippen molar-refractivity contribution >= 4 is 78.2 Å². The Kier molecular flexibility index (Phi) is 15.8. The zero-order valence-electron chi connectivity index (χ0n) is 33.7. The Morgan fingerprint density at radius 3 is 0.741 bits per heavy atom. The van der Waals surface area contributed by atoms with Crippen LogP contribution < -0.4 is 31.8 Å². The summed E-state index contributed by atoms with van der Waals surface area (Å²) in [5, 5.41) is 9.08. The van der Waals surface area contributed by atoms with Gasteiger partial charge >= 0.3 is 369 Å². The summed E-state index contributed by atoms with van der Waals surface area (Å²) >= 11 is 7.96. The van der Waals surface area contributed by atoms with Gasteiger partial charge in [-0.05, 0) is 0 Å². The molecular weight excluding hydrogens is 870 g/mol. The molecule has 7 aromatic carbocycles. The van der Waals surface area contributed by atoms with Gasteiger partial charge in [-0.25, -0.2) is 0 Å². The van der Waals surface area contributed by atoms with Crippen LogP contribution in [0.5, 0.6) is 0 Å². The number of hydrogen-bond acceptors (Lipinski definition) is 0. The maximum atomic E-state index is 3.98. The molecule has 0 bridgehead atoms. The molecule has 0 radical (unpaired) electrons. The summed E-state index contributed by atoms with van der Waals surface area (Å²) in [6.45, 7) is 0. The fourth-order valence-corrected chi connectivity index (χ4v) is 20.4. The number of rotatable bonds is 20. The van der Waals surface area contributed by atoms with E-state index in [0.29, 0.717) is 0 Å². The van der Waals surface area contributed by atoms with Crippen molar-refractivity contribution in [1.82, 2.24) is 0 Å². The molecule has 0 aliphatic rings. The molecule has 298 valence electrons. The van der Waals surface area contributed by atoms with Gasteiger partial charge in [0.25, 0.3) is 0 Å². The minimum atomic E-state index is -2.15. The van der Waals surface area contributed by atoms with E-state index < -0.39 is 14.5 Å². The van der Waals surface area contributed by atoms with Crippen molar-refractivity contribution in [1.29, 1.82) is 0 Å². The van der Waals surface area contributed by atoms with Crippen LogP contribution in [0.3, 0.4) is 0 Å². The van der Waals surface area contributed by atoms with E-state index in [1.807, 2.05) is 0 Å². The number of benzene rings is 7. The molecule has 0 spiro atoms. The second-order valence-corrected chi connectivity index (χ2v) is 25.7. The summed E-state index contributed by atoms with van der Waals surface area (Å²) in [7, 11) is -4.31. The molecule has 7 rings (SSSR count). The molecule has 0 saturated carbocycles. The second-order valence-electron chi connectivity index (χ2n) is 15.9. The van der Waals surface area contributed by atoms with Crippen LogP contribution in [0.2, 0.25) is 0 Å². The topological polar surface area (TPSA) is 0 Å². The van der Waals surface area contributed by atoms with Gasteiger partial charge in [0.1, 0.15) is 0 Å². The molecule has 0 saturated heterocycles. The van der Waals surface area contributed by atoms with Gasteiger partial charge in [0.15, 0.2) is 0 Å². The van der Waals surface area contributed by atoms with E-state index in [0.717, 1.165) is 12.8 Å². The average molecular weight is 929 g/mol. The van der Waals surface area contributed by atoms with E-state index in [4.69, 9.17) is 0 Å². The van der Waals surface area contributed by atoms with Crippen molar-refractivity contribution in [2.45, 2.75) is 64.2 Å². The third kappa shape index (κ3) is 10.2. The van der Waals surface area contributed by atoms with E-state index >= 15 is 0 Å². The number of halogens is 2. The Bertz CT molecular complexity index is 1890. The first-order chi connectivity index (χ1) is 28.6. The third-order valence-electron chi connectivity index (χ3n) is 12.3. The van der Waals surface area contributed by atoms with Crippen molar-refractivity contribution in [3.8, 4) is 0 Å². The van der Waals surface area contributed by atoms with Crippen LogP contribution in [-0.2, 0) is 12.8 Å². The molecule has 0 nitrogen and oxygen atoms in total. The monoisotopic (exact) mass is 926 g/mol. The summed E-state index contributed by atoms with van der Waals surface area (Å²) in [5.74, 6) is 0. The zero-order valence-corrected chi connectivity index (χ0v) is 38.9. The number of unbranched alkanes of at least 4 members (excludes halogenated alkanes) is 6. The van der Waals surface area contributed by atoms with Crippen LogP contribution in [0.15, 0.2) is 203 Å². The first-order valence-electron chi connectivity index (χ1n) is 21.4. The van der Waals surface area contributed by atoms with Crippen molar-refractivity contribution in [3.63, 3.8) is 0 Å². The Morgan fingerprint density at radius 1 is 0.276 bits per heavy atom. The molecule has 0 aromatic heterocycles. The standard InChI is InChI=1S/C54H58Br2P2/c55-53-44-46(28-12-2-4-26-42-58(50-35-19-8-20-36-50,51-37-21-9-22-38-51)52-39-23-10-24-40-52)54(56)43-45(53)27-11-1-3-25-41-57(47-29-13-5-14-30-47,48-31-15-6-16-32-48)49-33-17-7-18-34-49/h5-10,13-24,29-40,43-44,57-58H,1-4,11-12,25-28,41-42H2. The van der Waals surface area contributed by atoms with E-state index in [9.17, 15) is 0 Å². The van der Waals surface area contributed by atoms with E-state index in [-0.39, 0.29) is 0 Å². The number of hydrogen-bond donors (Lipinski definition) is 0. The molecule has 7 aromatic rings. The van der Waals surface area contributed by atoms with E-state index in [1.54, 1.807) is 0 Å². The molecule has 0 fully saturated rings. The predicted octanol–water partition coefficient (Wildman–Crippen LogP) is 12.9. The molecule has 4 heteroatoms. The maximum absolute atomic E-state index is 3.98. The van der Waals surface area contributed by atoms with Gasteiger partial charge in [0.2, 0.25) is 0 Å². The van der Waals surface area contributed by atoms with Gasteiger partial charge in [-0.1, -0.05) is 0 Å². The van der Waals surface area contributed by atoms with Crippen molar-refractivity contribution < 1.29 is 0 Å². The van der Waals surface area contributed by atoms with Crippen LogP contribution in [0.25, 0.3) is 0 Å². The Morgan fingerprint density at radius 2 is 0.500 bits per heavy atom. The fraction of sp³-hybridized carbons (Fsp3) is 0.222. The SMILES string of the molecule is Brc1cc(CCCCCC[PH](c2ccccc2)(c2ccccc2)c2ccccc2)c(Br)cc1CCCCCC[PH](c1ccccc1)(c1ccccc1)c1ccccc1.